The van der Waals surface area contributed by atoms with E-state index in [4.69, 9.17) is 8.76 Å². The van der Waals surface area contributed by atoms with E-state index in [9.17, 15) is 0 Å². The second kappa shape index (κ2) is 5.59. The third-order valence-corrected chi connectivity index (χ3v) is 0.408. The van der Waals surface area contributed by atoms with Gasteiger partial charge in [0.25, 0.3) is 0 Å². The van der Waals surface area contributed by atoms with Gasteiger partial charge in [-0.3, -0.25) is 0 Å². The molecule has 0 bridgehead atoms. The molecule has 0 aromatic carbocycles. The Morgan fingerprint density at radius 2 is 2.00 bits per heavy atom. The maximum atomic E-state index is 9.15. The molecule has 0 saturated heterocycles. The van der Waals surface area contributed by atoms with Crippen molar-refractivity contribution in [3.05, 3.63) is 0 Å². The molecule has 0 fully saturated rings. The molecule has 0 heterocycles. The first-order chi connectivity index (χ1) is 2.27. The maximum Gasteiger partial charge on any atom is 0.0839 e. The summed E-state index contributed by atoms with van der Waals surface area (Å²) in [4.78, 5) is 0. The zero-order valence-electron chi connectivity index (χ0n) is 2.93. The molecule has 0 aromatic rings. The molecule has 43 valence electrons. The Balaban J connectivity index is 0. The summed E-state index contributed by atoms with van der Waals surface area (Å²) in [5.41, 5.74) is 0. The molecule has 5 heteroatoms. The second-order valence-electron chi connectivity index (χ2n) is 0.371. The van der Waals surface area contributed by atoms with Crippen LogP contribution in [-0.2, 0) is 32.6 Å². The summed E-state index contributed by atoms with van der Waals surface area (Å²) in [5.74, 6) is 0. The molecule has 0 N–H and O–H groups in total. The monoisotopic (exact) mass is 158 g/mol. The first-order valence-electron chi connectivity index (χ1n) is 0.908. The standard InChI is InChI=1S/CH4O3S.Cu/c1-4-5(2)3;/h1H3,(H,2,3);/p-1. The Hall–Kier alpha value is 0.589. The SMILES string of the molecule is COS(=O)[O-].[Cu]. The normalized spacial score (nSPS) is 12.3. The molecule has 1 unspecified atom stereocenters. The molecule has 6 heavy (non-hydrogen) atoms. The predicted molar refractivity (Wildman–Crippen MR) is 15.9 cm³/mol. The Kier molecular flexibility index (Phi) is 9.11. The van der Waals surface area contributed by atoms with Gasteiger partial charge in [-0.05, 0) is 0 Å². The van der Waals surface area contributed by atoms with E-state index < -0.39 is 11.4 Å². The summed E-state index contributed by atoms with van der Waals surface area (Å²) < 4.78 is 22.0. The van der Waals surface area contributed by atoms with E-state index >= 15 is 0 Å². The fraction of sp³-hybridized carbons (Fsp3) is 1.00. The van der Waals surface area contributed by atoms with Crippen molar-refractivity contribution in [2.75, 3.05) is 7.11 Å². The molecule has 1 radical (unpaired) electrons. The topological polar surface area (TPSA) is 49.4 Å². The van der Waals surface area contributed by atoms with Crippen molar-refractivity contribution in [2.24, 2.45) is 0 Å². The first-order valence-corrected chi connectivity index (χ1v) is 1.91. The van der Waals surface area contributed by atoms with Crippen LogP contribution >= 0.6 is 0 Å². The summed E-state index contributed by atoms with van der Waals surface area (Å²) >= 11 is -2.32. The van der Waals surface area contributed by atoms with Gasteiger partial charge in [-0.15, -0.1) is 0 Å². The molecule has 0 spiro atoms. The molecule has 0 rings (SSSR count). The predicted octanol–water partition coefficient (Wildman–Crippen LogP) is -0.576. The summed E-state index contributed by atoms with van der Waals surface area (Å²) in [7, 11) is 1.09. The summed E-state index contributed by atoms with van der Waals surface area (Å²) in [5, 5.41) is 0. The molecule has 1 atom stereocenters. The van der Waals surface area contributed by atoms with E-state index in [-0.39, 0.29) is 17.1 Å². The van der Waals surface area contributed by atoms with E-state index in [1.807, 2.05) is 0 Å². The van der Waals surface area contributed by atoms with Crippen molar-refractivity contribution >= 4 is 11.4 Å². The van der Waals surface area contributed by atoms with E-state index in [1.54, 1.807) is 0 Å². The van der Waals surface area contributed by atoms with Crippen LogP contribution in [0.3, 0.4) is 0 Å². The minimum absolute atomic E-state index is 0. The van der Waals surface area contributed by atoms with Gasteiger partial charge in [0.1, 0.15) is 0 Å². The third kappa shape index (κ3) is 8.82. The van der Waals surface area contributed by atoms with Crippen molar-refractivity contribution in [3.63, 3.8) is 0 Å². The maximum absolute atomic E-state index is 9.15. The van der Waals surface area contributed by atoms with Gasteiger partial charge in [-0.2, -0.15) is 0 Å². The average molecular weight is 159 g/mol. The summed E-state index contributed by atoms with van der Waals surface area (Å²) in [6.07, 6.45) is 0. The van der Waals surface area contributed by atoms with Crippen LogP contribution in [0, 0.1) is 0 Å². The van der Waals surface area contributed by atoms with Crippen molar-refractivity contribution < 1.29 is 30.0 Å². The van der Waals surface area contributed by atoms with Crippen LogP contribution in [0.1, 0.15) is 0 Å². The fourth-order valence-electron chi connectivity index (χ4n) is 0. The summed E-state index contributed by atoms with van der Waals surface area (Å²) in [6.45, 7) is 0. The van der Waals surface area contributed by atoms with Gasteiger partial charge in [0, 0.05) is 17.1 Å². The number of hydrogen-bond acceptors (Lipinski definition) is 3. The largest absolute Gasteiger partial charge is 0.750 e. The van der Waals surface area contributed by atoms with Crippen LogP contribution in [0.5, 0.6) is 0 Å². The minimum Gasteiger partial charge on any atom is -0.750 e. The fourth-order valence-corrected chi connectivity index (χ4v) is 0. The van der Waals surface area contributed by atoms with Gasteiger partial charge in [-0.25, -0.2) is 4.21 Å². The first kappa shape index (κ1) is 9.77. The third-order valence-electron chi connectivity index (χ3n) is 0.136. The molecule has 0 aliphatic carbocycles. The van der Waals surface area contributed by atoms with Gasteiger partial charge in [0.2, 0.25) is 0 Å². The van der Waals surface area contributed by atoms with Crippen LogP contribution in [0.15, 0.2) is 0 Å². The zero-order valence-corrected chi connectivity index (χ0v) is 4.69. The second-order valence-corrected chi connectivity index (χ2v) is 1.11. The molecule has 0 aromatic heterocycles. The van der Waals surface area contributed by atoms with Crippen LogP contribution in [0.25, 0.3) is 0 Å². The van der Waals surface area contributed by atoms with E-state index in [1.165, 1.54) is 0 Å². The molecular weight excluding hydrogens is 156 g/mol. The average Bonchev–Trinajstić information content (AvgIpc) is 1.38. The van der Waals surface area contributed by atoms with E-state index in [0.717, 1.165) is 7.11 Å². The minimum atomic E-state index is -2.32. The van der Waals surface area contributed by atoms with E-state index in [0.29, 0.717) is 0 Å². The zero-order chi connectivity index (χ0) is 4.28. The Labute approximate surface area is 49.0 Å². The van der Waals surface area contributed by atoms with Gasteiger partial charge in [0.15, 0.2) is 0 Å². The Bertz CT molecular complexity index is 46.1. The van der Waals surface area contributed by atoms with Gasteiger partial charge >= 0.3 is 0 Å². The van der Waals surface area contributed by atoms with Crippen molar-refractivity contribution in [3.8, 4) is 0 Å². The van der Waals surface area contributed by atoms with Crippen molar-refractivity contribution in [1.82, 2.24) is 0 Å². The van der Waals surface area contributed by atoms with Crippen LogP contribution < -0.4 is 0 Å². The van der Waals surface area contributed by atoms with Crippen LogP contribution in [0.4, 0.5) is 0 Å². The molecular formula is CH3CuO3S-. The Morgan fingerprint density at radius 1 is 1.83 bits per heavy atom. The van der Waals surface area contributed by atoms with Gasteiger partial charge in [-0.1, -0.05) is 0 Å². The molecule has 0 aliphatic rings. The van der Waals surface area contributed by atoms with Gasteiger partial charge < -0.3 is 8.74 Å². The van der Waals surface area contributed by atoms with Gasteiger partial charge in [0.05, 0.1) is 18.5 Å². The van der Waals surface area contributed by atoms with E-state index in [2.05, 4.69) is 4.18 Å². The van der Waals surface area contributed by atoms with Crippen molar-refractivity contribution in [2.45, 2.75) is 0 Å². The molecule has 3 nitrogen and oxygen atoms in total. The quantitative estimate of drug-likeness (QED) is 0.379. The summed E-state index contributed by atoms with van der Waals surface area (Å²) in [6, 6.07) is 0. The molecule has 0 saturated carbocycles. The van der Waals surface area contributed by atoms with Crippen LogP contribution in [0.2, 0.25) is 0 Å². The number of rotatable bonds is 1. The van der Waals surface area contributed by atoms with Crippen LogP contribution in [-0.4, -0.2) is 15.9 Å². The van der Waals surface area contributed by atoms with Crippen molar-refractivity contribution in [1.29, 1.82) is 0 Å². The molecule has 0 amide bonds. The smallest absolute Gasteiger partial charge is 0.0839 e. The number of hydrogen-bond donors (Lipinski definition) is 0. The Morgan fingerprint density at radius 3 is 2.00 bits per heavy atom. The molecule has 0 aliphatic heterocycles.